The molecule has 1 aliphatic rings. The predicted octanol–water partition coefficient (Wildman–Crippen LogP) is 2.46. The van der Waals surface area contributed by atoms with Gasteiger partial charge < -0.3 is 10.1 Å². The van der Waals surface area contributed by atoms with Crippen LogP contribution in [0.3, 0.4) is 0 Å². The average molecular weight is 250 g/mol. The van der Waals surface area contributed by atoms with E-state index in [2.05, 4.69) is 29.4 Å². The van der Waals surface area contributed by atoms with Gasteiger partial charge in [-0.1, -0.05) is 29.5 Å². The van der Waals surface area contributed by atoms with E-state index < -0.39 is 0 Å². The van der Waals surface area contributed by atoms with Crippen LogP contribution < -0.4 is 10.1 Å². The first kappa shape index (κ1) is 12.3. The van der Waals surface area contributed by atoms with Crippen LogP contribution in [0, 0.1) is 6.92 Å². The summed E-state index contributed by atoms with van der Waals surface area (Å²) in [6, 6.07) is 8.18. The van der Waals surface area contributed by atoms with Crippen molar-refractivity contribution in [1.29, 1.82) is 0 Å². The van der Waals surface area contributed by atoms with Gasteiger partial charge in [0.25, 0.3) is 0 Å². The van der Waals surface area contributed by atoms with Gasteiger partial charge in [0.1, 0.15) is 5.75 Å². The lowest BCUT2D eigenvalue weighted by Gasteiger charge is -2.06. The summed E-state index contributed by atoms with van der Waals surface area (Å²) in [5.74, 6) is 2.01. The second kappa shape index (κ2) is 6.55. The van der Waals surface area contributed by atoms with Crippen molar-refractivity contribution in [2.24, 2.45) is 4.99 Å². The van der Waals surface area contributed by atoms with Crippen LogP contribution in [0.1, 0.15) is 12.0 Å². The lowest BCUT2D eigenvalue weighted by Crippen LogP contribution is -2.15. The van der Waals surface area contributed by atoms with E-state index in [0.29, 0.717) is 0 Å². The van der Waals surface area contributed by atoms with E-state index in [0.717, 1.165) is 42.8 Å². The zero-order valence-electron chi connectivity index (χ0n) is 10.1. The van der Waals surface area contributed by atoms with Gasteiger partial charge in [-0.05, 0) is 25.5 Å². The Morgan fingerprint density at radius 2 is 2.18 bits per heavy atom. The van der Waals surface area contributed by atoms with Gasteiger partial charge in [0.15, 0.2) is 5.17 Å². The summed E-state index contributed by atoms with van der Waals surface area (Å²) in [6.45, 7) is 4.75. The van der Waals surface area contributed by atoms with Crippen LogP contribution in [-0.2, 0) is 0 Å². The molecule has 0 saturated heterocycles. The van der Waals surface area contributed by atoms with Gasteiger partial charge in [-0.25, -0.2) is 0 Å². The molecule has 17 heavy (non-hydrogen) atoms. The standard InChI is InChI=1S/C13H18N2OS/c1-11-3-5-12(6-4-11)16-9-2-10-17-13-14-7-8-15-13/h3-6H,2,7-10H2,1H3,(H,14,15). The quantitative estimate of drug-likeness (QED) is 0.815. The third kappa shape index (κ3) is 4.30. The first-order valence-electron chi connectivity index (χ1n) is 5.95. The molecular weight excluding hydrogens is 232 g/mol. The normalized spacial score (nSPS) is 14.3. The highest BCUT2D eigenvalue weighted by molar-refractivity contribution is 8.13. The smallest absolute Gasteiger partial charge is 0.156 e. The van der Waals surface area contributed by atoms with Crippen LogP contribution in [0.5, 0.6) is 5.75 Å². The van der Waals surface area contributed by atoms with E-state index in [4.69, 9.17) is 4.74 Å². The fourth-order valence-corrected chi connectivity index (χ4v) is 2.37. The molecule has 4 heteroatoms. The molecule has 1 N–H and O–H groups in total. The summed E-state index contributed by atoms with van der Waals surface area (Å²) < 4.78 is 5.65. The molecule has 3 nitrogen and oxygen atoms in total. The minimum atomic E-state index is 0.767. The molecule has 0 aliphatic carbocycles. The van der Waals surface area contributed by atoms with Crippen molar-refractivity contribution in [2.45, 2.75) is 13.3 Å². The van der Waals surface area contributed by atoms with Crippen LogP contribution in [0.15, 0.2) is 29.3 Å². The Bertz CT molecular complexity index is 376. The molecule has 0 saturated carbocycles. The maximum atomic E-state index is 5.65. The fourth-order valence-electron chi connectivity index (χ4n) is 1.53. The number of aryl methyl sites for hydroxylation is 1. The second-order valence-electron chi connectivity index (χ2n) is 3.98. The van der Waals surface area contributed by atoms with Gasteiger partial charge in [-0.3, -0.25) is 4.99 Å². The van der Waals surface area contributed by atoms with E-state index >= 15 is 0 Å². The highest BCUT2D eigenvalue weighted by Gasteiger charge is 2.04. The second-order valence-corrected chi connectivity index (χ2v) is 5.06. The van der Waals surface area contributed by atoms with E-state index in [9.17, 15) is 0 Å². The Morgan fingerprint density at radius 3 is 2.88 bits per heavy atom. The highest BCUT2D eigenvalue weighted by Crippen LogP contribution is 2.12. The largest absolute Gasteiger partial charge is 0.494 e. The minimum Gasteiger partial charge on any atom is -0.494 e. The maximum Gasteiger partial charge on any atom is 0.156 e. The lowest BCUT2D eigenvalue weighted by atomic mass is 10.2. The summed E-state index contributed by atoms with van der Waals surface area (Å²) >= 11 is 1.78. The molecule has 1 aromatic carbocycles. The highest BCUT2D eigenvalue weighted by atomic mass is 32.2. The van der Waals surface area contributed by atoms with Gasteiger partial charge in [-0.15, -0.1) is 0 Å². The van der Waals surface area contributed by atoms with Crippen LogP contribution >= 0.6 is 11.8 Å². The zero-order valence-corrected chi connectivity index (χ0v) is 10.9. The minimum absolute atomic E-state index is 0.767. The molecule has 0 bridgehead atoms. The molecule has 0 fully saturated rings. The summed E-state index contributed by atoms with van der Waals surface area (Å²) in [6.07, 6.45) is 1.04. The SMILES string of the molecule is Cc1ccc(OCCCSC2=NCCN2)cc1. The molecule has 1 aliphatic heterocycles. The monoisotopic (exact) mass is 250 g/mol. The summed E-state index contributed by atoms with van der Waals surface area (Å²) in [5, 5.41) is 4.33. The van der Waals surface area contributed by atoms with Gasteiger partial charge in [0.2, 0.25) is 0 Å². The number of ether oxygens (including phenoxy) is 1. The Labute approximate surface area is 107 Å². The number of thioether (sulfide) groups is 1. The average Bonchev–Trinajstić information content (AvgIpc) is 2.84. The fraction of sp³-hybridized carbons (Fsp3) is 0.462. The van der Waals surface area contributed by atoms with Gasteiger partial charge in [0.05, 0.1) is 13.2 Å². The molecule has 0 atom stereocenters. The van der Waals surface area contributed by atoms with E-state index in [-0.39, 0.29) is 0 Å². The molecule has 92 valence electrons. The van der Waals surface area contributed by atoms with Gasteiger partial charge in [0, 0.05) is 12.3 Å². The first-order valence-corrected chi connectivity index (χ1v) is 6.94. The van der Waals surface area contributed by atoms with Gasteiger partial charge in [-0.2, -0.15) is 0 Å². The molecule has 0 aromatic heterocycles. The van der Waals surface area contributed by atoms with Crippen LogP contribution in [0.4, 0.5) is 0 Å². The summed E-state index contributed by atoms with van der Waals surface area (Å²) in [7, 11) is 0. The first-order chi connectivity index (χ1) is 8.34. The van der Waals surface area contributed by atoms with Crippen molar-refractivity contribution >= 4 is 16.9 Å². The number of aliphatic imine (C=N–C) groups is 1. The van der Waals surface area contributed by atoms with Crippen LogP contribution in [-0.4, -0.2) is 30.6 Å². The molecule has 1 heterocycles. The number of amidine groups is 1. The number of hydrogen-bond acceptors (Lipinski definition) is 4. The number of rotatable bonds is 5. The van der Waals surface area contributed by atoms with Crippen molar-refractivity contribution in [2.75, 3.05) is 25.4 Å². The Balaban J connectivity index is 1.58. The molecule has 0 amide bonds. The Morgan fingerprint density at radius 1 is 1.35 bits per heavy atom. The van der Waals surface area contributed by atoms with Crippen molar-refractivity contribution in [1.82, 2.24) is 5.32 Å². The Kier molecular flexibility index (Phi) is 4.74. The topological polar surface area (TPSA) is 33.6 Å². The van der Waals surface area contributed by atoms with E-state index in [1.807, 2.05) is 12.1 Å². The summed E-state index contributed by atoms with van der Waals surface area (Å²) in [5.41, 5.74) is 1.26. The molecule has 0 unspecified atom stereocenters. The molecule has 0 radical (unpaired) electrons. The molecular formula is C13H18N2OS. The summed E-state index contributed by atoms with van der Waals surface area (Å²) in [4.78, 5) is 4.33. The van der Waals surface area contributed by atoms with Crippen molar-refractivity contribution in [3.8, 4) is 5.75 Å². The van der Waals surface area contributed by atoms with E-state index in [1.54, 1.807) is 11.8 Å². The Hall–Kier alpha value is -1.16. The maximum absolute atomic E-state index is 5.65. The third-order valence-corrected chi connectivity index (χ3v) is 3.50. The van der Waals surface area contributed by atoms with Gasteiger partial charge >= 0.3 is 0 Å². The van der Waals surface area contributed by atoms with Crippen molar-refractivity contribution in [3.05, 3.63) is 29.8 Å². The van der Waals surface area contributed by atoms with E-state index in [1.165, 1.54) is 5.56 Å². The predicted molar refractivity (Wildman–Crippen MR) is 74.1 cm³/mol. The lowest BCUT2D eigenvalue weighted by molar-refractivity contribution is 0.319. The number of nitrogens with zero attached hydrogens (tertiary/aromatic N) is 1. The van der Waals surface area contributed by atoms with Crippen LogP contribution in [0.2, 0.25) is 0 Å². The third-order valence-electron chi connectivity index (χ3n) is 2.46. The number of nitrogens with one attached hydrogen (secondary N) is 1. The molecule has 2 rings (SSSR count). The van der Waals surface area contributed by atoms with Crippen molar-refractivity contribution < 1.29 is 4.74 Å². The number of benzene rings is 1. The van der Waals surface area contributed by atoms with Crippen molar-refractivity contribution in [3.63, 3.8) is 0 Å². The number of hydrogen-bond donors (Lipinski definition) is 1. The molecule has 0 spiro atoms. The molecule has 1 aromatic rings. The van der Waals surface area contributed by atoms with Crippen LogP contribution in [0.25, 0.3) is 0 Å². The zero-order chi connectivity index (χ0) is 11.9.